The van der Waals surface area contributed by atoms with Gasteiger partial charge >= 0.3 is 6.18 Å². The standard InChI is InChI=1S/C27H32F4N2O3/c1-25(2,35)15-21-9-8-20(14-22(21)28)24(34)33-12-10-26(11-13-33)17-32(18-27(29,30)31)16-23(36-26)19-6-4-3-5-7-19/h3-9,14,23,35H,10-13,15-18H2,1-2H3. The Kier molecular flexibility index (Phi) is 7.46. The highest BCUT2D eigenvalue weighted by Crippen LogP contribution is 2.39. The molecule has 4 rings (SSSR count). The van der Waals surface area contributed by atoms with E-state index in [4.69, 9.17) is 4.74 Å². The average molecular weight is 509 g/mol. The third-order valence-corrected chi connectivity index (χ3v) is 6.79. The van der Waals surface area contributed by atoms with Gasteiger partial charge in [-0.1, -0.05) is 36.4 Å². The molecule has 2 aromatic rings. The number of hydrogen-bond donors (Lipinski definition) is 1. The molecule has 1 amide bonds. The van der Waals surface area contributed by atoms with E-state index in [1.54, 1.807) is 24.8 Å². The summed E-state index contributed by atoms with van der Waals surface area (Å²) >= 11 is 0. The van der Waals surface area contributed by atoms with E-state index in [0.717, 1.165) is 5.56 Å². The van der Waals surface area contributed by atoms with Crippen LogP contribution in [0.2, 0.25) is 0 Å². The number of rotatable bonds is 5. The number of ether oxygens (including phenoxy) is 1. The van der Waals surface area contributed by atoms with Crippen LogP contribution < -0.4 is 0 Å². The van der Waals surface area contributed by atoms with Crippen LogP contribution >= 0.6 is 0 Å². The number of aliphatic hydroxyl groups is 1. The molecule has 0 aromatic heterocycles. The maximum atomic E-state index is 14.6. The quantitative estimate of drug-likeness (QED) is 0.593. The molecule has 0 saturated carbocycles. The molecule has 2 aliphatic heterocycles. The molecule has 1 spiro atoms. The van der Waals surface area contributed by atoms with Crippen LogP contribution in [0.4, 0.5) is 17.6 Å². The summed E-state index contributed by atoms with van der Waals surface area (Å²) in [5.74, 6) is -0.887. The highest BCUT2D eigenvalue weighted by molar-refractivity contribution is 5.94. The van der Waals surface area contributed by atoms with Crippen LogP contribution in [-0.4, -0.2) is 70.9 Å². The summed E-state index contributed by atoms with van der Waals surface area (Å²) in [5.41, 5.74) is -0.533. The lowest BCUT2D eigenvalue weighted by Gasteiger charge is -2.50. The predicted octanol–water partition coefficient (Wildman–Crippen LogP) is 4.75. The molecular formula is C27H32F4N2O3. The van der Waals surface area contributed by atoms with Gasteiger partial charge < -0.3 is 14.7 Å². The first kappa shape index (κ1) is 26.6. The Morgan fingerprint density at radius 1 is 1.11 bits per heavy atom. The van der Waals surface area contributed by atoms with Gasteiger partial charge in [-0.2, -0.15) is 13.2 Å². The molecule has 196 valence electrons. The number of amides is 1. The van der Waals surface area contributed by atoms with Gasteiger partial charge in [-0.15, -0.1) is 0 Å². The second-order valence-corrected chi connectivity index (χ2v) is 10.6. The van der Waals surface area contributed by atoms with Crippen LogP contribution in [0.25, 0.3) is 0 Å². The molecule has 9 heteroatoms. The van der Waals surface area contributed by atoms with Gasteiger partial charge in [0.1, 0.15) is 5.82 Å². The Balaban J connectivity index is 1.46. The zero-order chi connectivity index (χ0) is 26.1. The Morgan fingerprint density at radius 2 is 1.78 bits per heavy atom. The van der Waals surface area contributed by atoms with E-state index in [-0.39, 0.29) is 31.0 Å². The molecule has 2 heterocycles. The minimum absolute atomic E-state index is 0.119. The normalized spacial score (nSPS) is 21.1. The summed E-state index contributed by atoms with van der Waals surface area (Å²) in [5, 5.41) is 9.95. The summed E-state index contributed by atoms with van der Waals surface area (Å²) in [4.78, 5) is 16.1. The molecule has 2 aromatic carbocycles. The largest absolute Gasteiger partial charge is 0.401 e. The fraction of sp³-hybridized carbons (Fsp3) is 0.519. The third-order valence-electron chi connectivity index (χ3n) is 6.79. The second-order valence-electron chi connectivity index (χ2n) is 10.6. The molecule has 0 radical (unpaired) electrons. The first-order valence-electron chi connectivity index (χ1n) is 12.1. The molecule has 0 aliphatic carbocycles. The van der Waals surface area contributed by atoms with E-state index in [2.05, 4.69) is 0 Å². The van der Waals surface area contributed by atoms with Gasteiger partial charge in [0.25, 0.3) is 5.91 Å². The van der Waals surface area contributed by atoms with E-state index in [9.17, 15) is 27.5 Å². The average Bonchev–Trinajstić information content (AvgIpc) is 2.79. The number of carbonyl (C=O) groups is 1. The zero-order valence-corrected chi connectivity index (χ0v) is 20.5. The highest BCUT2D eigenvalue weighted by Gasteiger charge is 2.46. The van der Waals surface area contributed by atoms with Gasteiger partial charge in [0.05, 0.1) is 23.9 Å². The Bertz CT molecular complexity index is 1060. The first-order chi connectivity index (χ1) is 16.8. The van der Waals surface area contributed by atoms with Crippen LogP contribution in [-0.2, 0) is 11.2 Å². The Hall–Kier alpha value is -2.49. The van der Waals surface area contributed by atoms with Crippen LogP contribution in [0, 0.1) is 5.82 Å². The second kappa shape index (κ2) is 10.1. The first-order valence-corrected chi connectivity index (χ1v) is 12.1. The lowest BCUT2D eigenvalue weighted by atomic mass is 9.87. The van der Waals surface area contributed by atoms with Crippen molar-refractivity contribution in [3.8, 4) is 0 Å². The van der Waals surface area contributed by atoms with Gasteiger partial charge in [0.15, 0.2) is 0 Å². The van der Waals surface area contributed by atoms with Crippen LogP contribution in [0.3, 0.4) is 0 Å². The van der Waals surface area contributed by atoms with Crippen molar-refractivity contribution >= 4 is 5.91 Å². The molecule has 2 fully saturated rings. The number of carbonyl (C=O) groups excluding carboxylic acids is 1. The maximum absolute atomic E-state index is 14.6. The number of piperidine rings is 1. The summed E-state index contributed by atoms with van der Waals surface area (Å²) < 4.78 is 60.8. The minimum Gasteiger partial charge on any atom is -0.390 e. The summed E-state index contributed by atoms with van der Waals surface area (Å²) in [7, 11) is 0. The summed E-state index contributed by atoms with van der Waals surface area (Å²) in [6.07, 6.45) is -3.93. The summed E-state index contributed by atoms with van der Waals surface area (Å²) in [6.45, 7) is 3.03. The number of morpholine rings is 1. The molecule has 1 unspecified atom stereocenters. The fourth-order valence-corrected chi connectivity index (χ4v) is 5.16. The molecule has 1 N–H and O–H groups in total. The SMILES string of the molecule is CC(C)(O)Cc1ccc(C(=O)N2CCC3(CC2)CN(CC(F)(F)F)CC(c2ccccc2)O3)cc1F. The Morgan fingerprint density at radius 3 is 2.36 bits per heavy atom. The molecule has 1 atom stereocenters. The van der Waals surface area contributed by atoms with E-state index < -0.39 is 35.8 Å². The smallest absolute Gasteiger partial charge is 0.390 e. The van der Waals surface area contributed by atoms with Crippen molar-refractivity contribution < 1.29 is 32.2 Å². The van der Waals surface area contributed by atoms with Crippen molar-refractivity contribution in [3.63, 3.8) is 0 Å². The third kappa shape index (κ3) is 6.63. The van der Waals surface area contributed by atoms with Gasteiger partial charge in [-0.25, -0.2) is 4.39 Å². The van der Waals surface area contributed by atoms with Gasteiger partial charge in [-0.05, 0) is 49.9 Å². The van der Waals surface area contributed by atoms with Crippen molar-refractivity contribution in [2.45, 2.75) is 56.6 Å². The van der Waals surface area contributed by atoms with E-state index >= 15 is 0 Å². The van der Waals surface area contributed by atoms with E-state index in [0.29, 0.717) is 31.5 Å². The monoisotopic (exact) mass is 508 g/mol. The van der Waals surface area contributed by atoms with E-state index in [1.165, 1.54) is 17.0 Å². The number of alkyl halides is 3. The fourth-order valence-electron chi connectivity index (χ4n) is 5.16. The topological polar surface area (TPSA) is 53.0 Å². The van der Waals surface area contributed by atoms with Crippen molar-refractivity contribution in [1.82, 2.24) is 9.80 Å². The number of likely N-dealkylation sites (tertiary alicyclic amines) is 1. The molecule has 2 aliphatic rings. The molecule has 2 saturated heterocycles. The molecule has 0 bridgehead atoms. The predicted molar refractivity (Wildman–Crippen MR) is 127 cm³/mol. The van der Waals surface area contributed by atoms with Crippen LogP contribution in [0.5, 0.6) is 0 Å². The van der Waals surface area contributed by atoms with Crippen LogP contribution in [0.15, 0.2) is 48.5 Å². The lowest BCUT2D eigenvalue weighted by Crippen LogP contribution is -2.59. The molecule has 5 nitrogen and oxygen atoms in total. The summed E-state index contributed by atoms with van der Waals surface area (Å²) in [6, 6.07) is 13.5. The Labute approximate surface area is 208 Å². The maximum Gasteiger partial charge on any atom is 0.401 e. The zero-order valence-electron chi connectivity index (χ0n) is 20.5. The molecule has 36 heavy (non-hydrogen) atoms. The molecular weight excluding hydrogens is 476 g/mol. The minimum atomic E-state index is -4.32. The number of halogens is 4. The number of nitrogens with zero attached hydrogens (tertiary/aromatic N) is 2. The van der Waals surface area contributed by atoms with Gasteiger partial charge in [0.2, 0.25) is 0 Å². The van der Waals surface area contributed by atoms with Crippen LogP contribution in [0.1, 0.15) is 54.3 Å². The number of benzene rings is 2. The van der Waals surface area contributed by atoms with E-state index in [1.807, 2.05) is 30.3 Å². The lowest BCUT2D eigenvalue weighted by molar-refractivity contribution is -0.205. The number of hydrogen-bond acceptors (Lipinski definition) is 4. The van der Waals surface area contributed by atoms with Gasteiger partial charge in [-0.3, -0.25) is 9.69 Å². The van der Waals surface area contributed by atoms with Crippen molar-refractivity contribution in [2.24, 2.45) is 0 Å². The van der Waals surface area contributed by atoms with Crippen molar-refractivity contribution in [1.29, 1.82) is 0 Å². The van der Waals surface area contributed by atoms with Crippen molar-refractivity contribution in [2.75, 3.05) is 32.7 Å². The highest BCUT2D eigenvalue weighted by atomic mass is 19.4. The van der Waals surface area contributed by atoms with Crippen molar-refractivity contribution in [3.05, 3.63) is 71.0 Å². The van der Waals surface area contributed by atoms with Gasteiger partial charge in [0, 0.05) is 38.2 Å².